The minimum absolute atomic E-state index is 0.188. The molecule has 3 aromatic heterocycles. The van der Waals surface area contributed by atoms with Gasteiger partial charge in [-0.25, -0.2) is 14.0 Å². The fourth-order valence-corrected chi connectivity index (χ4v) is 5.21. The predicted molar refractivity (Wildman–Crippen MR) is 124 cm³/mol. The van der Waals surface area contributed by atoms with Crippen molar-refractivity contribution in [3.63, 3.8) is 0 Å². The van der Waals surface area contributed by atoms with Crippen LogP contribution >= 0.6 is 0 Å². The van der Waals surface area contributed by atoms with E-state index in [1.54, 1.807) is 21.6 Å². The highest BCUT2D eigenvalue weighted by atomic mass is 32.2. The Morgan fingerprint density at radius 3 is 2.85 bits per heavy atom. The molecule has 0 radical (unpaired) electrons. The summed E-state index contributed by atoms with van der Waals surface area (Å²) >= 11 is 0. The number of carbonyl (C=O) groups is 1. The summed E-state index contributed by atoms with van der Waals surface area (Å²) in [5, 5.41) is 10.9. The quantitative estimate of drug-likeness (QED) is 0.454. The number of hydrogen-bond donors (Lipinski definition) is 2. The zero-order valence-corrected chi connectivity index (χ0v) is 19.2. The number of urea groups is 1. The molecule has 2 aliphatic rings. The molecule has 174 valence electrons. The second-order valence-corrected chi connectivity index (χ2v) is 10.2. The van der Waals surface area contributed by atoms with Crippen LogP contribution in [0.2, 0.25) is 0 Å². The zero-order valence-electron chi connectivity index (χ0n) is 18.4. The molecule has 0 bridgehead atoms. The molecular weight excluding hydrogens is 456 g/mol. The number of rotatable bonds is 5. The van der Waals surface area contributed by atoms with E-state index in [0.29, 0.717) is 24.5 Å². The number of nitrogens with zero attached hydrogens (tertiary/aromatic N) is 4. The summed E-state index contributed by atoms with van der Waals surface area (Å²) in [5.41, 5.74) is 4.85. The SMILES string of the molecule is Cc1cc2c(c(NC(=O)NS(=O)(=O)c3ccn(C4CC4)n3)c1-c1ccn3nccc3c1)OCC2. The van der Waals surface area contributed by atoms with Crippen molar-refractivity contribution in [1.82, 2.24) is 24.1 Å². The highest BCUT2D eigenvalue weighted by Crippen LogP contribution is 2.44. The first-order valence-corrected chi connectivity index (χ1v) is 12.5. The van der Waals surface area contributed by atoms with Crippen molar-refractivity contribution in [2.45, 2.75) is 37.3 Å². The van der Waals surface area contributed by atoms with E-state index in [-0.39, 0.29) is 11.1 Å². The lowest BCUT2D eigenvalue weighted by atomic mass is 9.95. The summed E-state index contributed by atoms with van der Waals surface area (Å²) in [6, 6.07) is 8.54. The molecule has 34 heavy (non-hydrogen) atoms. The Labute approximate surface area is 195 Å². The molecule has 4 heterocycles. The van der Waals surface area contributed by atoms with Gasteiger partial charge < -0.3 is 10.1 Å². The standard InChI is InChI=1S/C23H22N6O4S/c1-14-12-16-7-11-33-22(16)21(20(14)15-5-9-28-18(13-15)4-8-24-28)25-23(30)27-34(31,32)19-6-10-29(26-19)17-2-3-17/h4-6,8-10,12-13,17H,2-3,7,11H2,1H3,(H2,25,27,30). The molecule has 4 aromatic rings. The Balaban J connectivity index is 1.35. The second kappa shape index (κ2) is 7.59. The van der Waals surface area contributed by atoms with E-state index in [1.807, 2.05) is 37.4 Å². The lowest BCUT2D eigenvalue weighted by molar-refractivity contribution is 0.256. The zero-order chi connectivity index (χ0) is 23.4. The van der Waals surface area contributed by atoms with Gasteiger partial charge in [-0.3, -0.25) is 4.68 Å². The van der Waals surface area contributed by atoms with Crippen molar-refractivity contribution in [2.24, 2.45) is 0 Å². The first-order valence-electron chi connectivity index (χ1n) is 11.0. The third-order valence-electron chi connectivity index (χ3n) is 6.11. The average Bonchev–Trinajstić information content (AvgIpc) is 3.19. The summed E-state index contributed by atoms with van der Waals surface area (Å²) in [6.07, 6.45) is 7.83. The number of carbonyl (C=O) groups excluding carboxylic acids is 1. The van der Waals surface area contributed by atoms with Gasteiger partial charge in [0.05, 0.1) is 23.9 Å². The number of nitrogens with one attached hydrogen (secondary N) is 2. The molecule has 0 saturated heterocycles. The van der Waals surface area contributed by atoms with Crippen LogP contribution in [0.25, 0.3) is 16.6 Å². The Bertz CT molecular complexity index is 1550. The van der Waals surface area contributed by atoms with E-state index < -0.39 is 16.1 Å². The van der Waals surface area contributed by atoms with Gasteiger partial charge >= 0.3 is 6.03 Å². The van der Waals surface area contributed by atoms with Crippen molar-refractivity contribution >= 4 is 27.3 Å². The number of benzene rings is 1. The van der Waals surface area contributed by atoms with Crippen molar-refractivity contribution in [2.75, 3.05) is 11.9 Å². The van der Waals surface area contributed by atoms with Crippen LogP contribution in [0.15, 0.2) is 53.9 Å². The van der Waals surface area contributed by atoms with E-state index in [1.165, 1.54) is 6.07 Å². The summed E-state index contributed by atoms with van der Waals surface area (Å²) < 4.78 is 36.8. The van der Waals surface area contributed by atoms with Gasteiger partial charge in [-0.2, -0.15) is 18.6 Å². The van der Waals surface area contributed by atoms with Crippen LogP contribution in [0, 0.1) is 6.92 Å². The molecule has 2 N–H and O–H groups in total. The minimum Gasteiger partial charge on any atom is -0.491 e. The fraction of sp³-hybridized carbons (Fsp3) is 0.261. The number of aromatic nitrogens is 4. The molecule has 1 aliphatic carbocycles. The van der Waals surface area contributed by atoms with E-state index >= 15 is 0 Å². The van der Waals surface area contributed by atoms with Crippen LogP contribution in [0.4, 0.5) is 10.5 Å². The van der Waals surface area contributed by atoms with Crippen molar-refractivity contribution < 1.29 is 17.9 Å². The predicted octanol–water partition coefficient (Wildman–Crippen LogP) is 3.29. The first kappa shape index (κ1) is 20.7. The monoisotopic (exact) mass is 478 g/mol. The van der Waals surface area contributed by atoms with Gasteiger partial charge in [-0.05, 0) is 60.7 Å². The molecule has 11 heteroatoms. The number of sulfonamides is 1. The first-order chi connectivity index (χ1) is 16.4. The normalized spacial score (nSPS) is 15.2. The number of aryl methyl sites for hydroxylation is 1. The van der Waals surface area contributed by atoms with Crippen LogP contribution in [0.1, 0.15) is 30.0 Å². The fourth-order valence-electron chi connectivity index (χ4n) is 4.37. The molecule has 1 fully saturated rings. The van der Waals surface area contributed by atoms with E-state index in [4.69, 9.17) is 4.74 Å². The molecule has 1 saturated carbocycles. The maximum absolute atomic E-state index is 12.9. The molecule has 1 aliphatic heterocycles. The lowest BCUT2D eigenvalue weighted by Gasteiger charge is -2.18. The van der Waals surface area contributed by atoms with Crippen LogP contribution in [-0.2, 0) is 16.4 Å². The lowest BCUT2D eigenvalue weighted by Crippen LogP contribution is -2.35. The smallest absolute Gasteiger partial charge is 0.333 e. The van der Waals surface area contributed by atoms with Crippen LogP contribution in [0.3, 0.4) is 0 Å². The van der Waals surface area contributed by atoms with Gasteiger partial charge in [0.25, 0.3) is 10.0 Å². The molecule has 0 unspecified atom stereocenters. The Hall–Kier alpha value is -3.86. The number of hydrogen-bond acceptors (Lipinski definition) is 6. The number of ether oxygens (including phenoxy) is 1. The highest BCUT2D eigenvalue weighted by Gasteiger charge is 2.29. The van der Waals surface area contributed by atoms with Gasteiger partial charge in [-0.1, -0.05) is 6.07 Å². The van der Waals surface area contributed by atoms with Crippen LogP contribution in [-0.4, -0.2) is 40.5 Å². The van der Waals surface area contributed by atoms with Crippen molar-refractivity contribution in [3.05, 3.63) is 60.0 Å². The molecule has 2 amide bonds. The second-order valence-electron chi connectivity index (χ2n) is 8.57. The summed E-state index contributed by atoms with van der Waals surface area (Å²) in [7, 11) is -4.13. The number of amides is 2. The van der Waals surface area contributed by atoms with Gasteiger partial charge in [0.1, 0.15) is 5.75 Å². The van der Waals surface area contributed by atoms with Crippen molar-refractivity contribution in [1.29, 1.82) is 0 Å². The molecule has 0 atom stereocenters. The van der Waals surface area contributed by atoms with Crippen molar-refractivity contribution in [3.8, 4) is 16.9 Å². The molecule has 0 spiro atoms. The summed E-state index contributed by atoms with van der Waals surface area (Å²) in [6.45, 7) is 2.45. The molecule has 1 aromatic carbocycles. The number of pyridine rings is 1. The topological polar surface area (TPSA) is 120 Å². The summed E-state index contributed by atoms with van der Waals surface area (Å²) in [5.74, 6) is 0.555. The van der Waals surface area contributed by atoms with Gasteiger partial charge in [0.2, 0.25) is 0 Å². The van der Waals surface area contributed by atoms with E-state index in [2.05, 4.69) is 20.2 Å². The van der Waals surface area contributed by atoms with Gasteiger partial charge in [-0.15, -0.1) is 0 Å². The van der Waals surface area contributed by atoms with Crippen LogP contribution in [0.5, 0.6) is 5.75 Å². The molecule has 6 rings (SSSR count). The van der Waals surface area contributed by atoms with Crippen LogP contribution < -0.4 is 14.8 Å². The number of fused-ring (bicyclic) bond motifs is 2. The third kappa shape index (κ3) is 3.58. The Morgan fingerprint density at radius 1 is 1.18 bits per heavy atom. The minimum atomic E-state index is -4.13. The average molecular weight is 479 g/mol. The largest absolute Gasteiger partial charge is 0.491 e. The molecule has 10 nitrogen and oxygen atoms in total. The summed E-state index contributed by atoms with van der Waals surface area (Å²) in [4.78, 5) is 12.9. The Morgan fingerprint density at radius 2 is 2.03 bits per heavy atom. The maximum Gasteiger partial charge on any atom is 0.333 e. The maximum atomic E-state index is 12.9. The van der Waals surface area contributed by atoms with E-state index in [9.17, 15) is 13.2 Å². The number of anilines is 1. The molecular formula is C23H22N6O4S. The van der Waals surface area contributed by atoms with Gasteiger partial charge in [0.15, 0.2) is 5.03 Å². The van der Waals surface area contributed by atoms with E-state index in [0.717, 1.165) is 40.6 Å². The Kier molecular flexibility index (Phi) is 4.63. The van der Waals surface area contributed by atoms with Gasteiger partial charge in [0, 0.05) is 30.6 Å². The third-order valence-corrected chi connectivity index (χ3v) is 7.33. The highest BCUT2D eigenvalue weighted by molar-refractivity contribution is 7.90.